The van der Waals surface area contributed by atoms with Gasteiger partial charge in [-0.15, -0.1) is 0 Å². The fourth-order valence-corrected chi connectivity index (χ4v) is 3.14. The van der Waals surface area contributed by atoms with Crippen molar-refractivity contribution < 1.29 is 31.5 Å². The standard InChI is InChI=1S/C19H16F5IN4O2/c1-26-16(30)9-14(10-3-2-4-11(7-10)18(20,21)22)28-17-27-13-6-5-12(8-15(13)29-17)31-19(23,24)25/h2-8,14H,9H2,1H3,(H,26,30)(H2,27,28,29). The zero-order valence-corrected chi connectivity index (χ0v) is 18.0. The van der Waals surface area contributed by atoms with Crippen LogP contribution in [0.15, 0.2) is 42.5 Å². The molecular formula is C19H16F5IN4O2. The Labute approximate surface area is 186 Å². The number of hydrogen-bond acceptors (Lipinski definition) is 4. The van der Waals surface area contributed by atoms with E-state index in [9.17, 15) is 26.7 Å². The number of rotatable bonds is 7. The number of ether oxygens (including phenoxy) is 1. The van der Waals surface area contributed by atoms with Crippen molar-refractivity contribution in [1.82, 2.24) is 15.3 Å². The van der Waals surface area contributed by atoms with E-state index in [1.54, 1.807) is 0 Å². The van der Waals surface area contributed by atoms with Crippen LogP contribution in [-0.2, 0) is 11.0 Å². The van der Waals surface area contributed by atoms with Gasteiger partial charge in [0, 0.05) is 13.1 Å². The van der Waals surface area contributed by atoms with Gasteiger partial charge in [-0.05, 0) is 29.8 Å². The Balaban J connectivity index is 1.91. The van der Waals surface area contributed by atoms with Crippen LogP contribution in [-0.4, -0.2) is 27.0 Å². The number of nitrogens with one attached hydrogen (secondary N) is 3. The number of anilines is 1. The number of H-pyrrole nitrogens is 1. The number of benzene rings is 2. The minimum absolute atomic E-state index is 0.0955. The van der Waals surface area contributed by atoms with Crippen LogP contribution in [0.4, 0.5) is 27.9 Å². The lowest BCUT2D eigenvalue weighted by Crippen LogP contribution is -2.24. The molecule has 6 nitrogen and oxygen atoms in total. The summed E-state index contributed by atoms with van der Waals surface area (Å²) in [4.78, 5) is 19.0. The second-order valence-corrected chi connectivity index (χ2v) is 7.77. The summed E-state index contributed by atoms with van der Waals surface area (Å²) in [6.45, 7) is 0. The number of alkyl halides is 6. The summed E-state index contributed by atoms with van der Waals surface area (Å²) in [5, 5.41) is 5.34. The molecule has 0 saturated heterocycles. The van der Waals surface area contributed by atoms with Crippen LogP contribution < -0.4 is 15.4 Å². The second-order valence-electron chi connectivity index (χ2n) is 6.51. The first kappa shape index (κ1) is 23.0. The molecule has 1 heterocycles. The van der Waals surface area contributed by atoms with E-state index in [0.29, 0.717) is 11.0 Å². The van der Waals surface area contributed by atoms with Crippen molar-refractivity contribution in [3.63, 3.8) is 0 Å². The lowest BCUT2D eigenvalue weighted by Gasteiger charge is -2.19. The highest BCUT2D eigenvalue weighted by Crippen LogP contribution is 2.33. The number of hydrogen-bond donors (Lipinski definition) is 3. The van der Waals surface area contributed by atoms with E-state index in [2.05, 4.69) is 25.3 Å². The molecule has 0 aliphatic carbocycles. The fourth-order valence-electron chi connectivity index (χ4n) is 2.89. The van der Waals surface area contributed by atoms with Crippen LogP contribution in [0, 0.1) is 0 Å². The molecule has 3 aromatic rings. The van der Waals surface area contributed by atoms with Gasteiger partial charge in [0.25, 0.3) is 0 Å². The van der Waals surface area contributed by atoms with Crippen molar-refractivity contribution in [2.24, 2.45) is 0 Å². The third kappa shape index (κ3) is 6.18. The number of fused-ring (bicyclic) bond motifs is 1. The van der Waals surface area contributed by atoms with Crippen molar-refractivity contribution in [1.29, 1.82) is 0 Å². The summed E-state index contributed by atoms with van der Waals surface area (Å²) in [5.74, 6) is -0.340. The number of nitrogens with zero attached hydrogens (tertiary/aromatic N) is 1. The Hall–Kier alpha value is -2.64. The van der Waals surface area contributed by atoms with E-state index < -0.39 is 27.8 Å². The largest absolute Gasteiger partial charge is 0.451 e. The summed E-state index contributed by atoms with van der Waals surface area (Å²) in [5.41, 5.74) is 0.157. The van der Waals surface area contributed by atoms with Crippen LogP contribution >= 0.6 is 22.6 Å². The topological polar surface area (TPSA) is 79.0 Å². The fraction of sp³-hybridized carbons (Fsp3) is 0.263. The average Bonchev–Trinajstić information content (AvgIpc) is 3.07. The summed E-state index contributed by atoms with van der Waals surface area (Å²) in [6.07, 6.45) is -4.70. The SMILES string of the molecule is CNC(=O)CC(Nc1nc2ccc(OC(F)(F)I)cc2[nH]1)c1cccc(C(F)(F)F)c1. The van der Waals surface area contributed by atoms with Gasteiger partial charge in [0.05, 0.1) is 51.7 Å². The normalized spacial score (nSPS) is 13.1. The molecule has 3 rings (SSSR count). The van der Waals surface area contributed by atoms with Crippen LogP contribution in [0.25, 0.3) is 11.0 Å². The lowest BCUT2D eigenvalue weighted by atomic mass is 10.0. The van der Waals surface area contributed by atoms with Crippen molar-refractivity contribution in [2.45, 2.75) is 22.8 Å². The molecule has 12 heteroatoms. The maximum Gasteiger partial charge on any atom is 0.451 e. The summed E-state index contributed by atoms with van der Waals surface area (Å²) >= 11 is 0.843. The zero-order valence-electron chi connectivity index (χ0n) is 15.9. The molecular weight excluding hydrogens is 538 g/mol. The number of aromatic amines is 1. The number of carbonyl (C=O) groups is 1. The molecule has 1 amide bonds. The summed E-state index contributed by atoms with van der Waals surface area (Å²) in [6, 6.07) is 7.86. The molecule has 166 valence electrons. The minimum atomic E-state index is -4.54. The third-order valence-electron chi connectivity index (χ3n) is 4.28. The van der Waals surface area contributed by atoms with Crippen LogP contribution in [0.3, 0.4) is 0 Å². The first-order valence-corrected chi connectivity index (χ1v) is 9.92. The van der Waals surface area contributed by atoms with Gasteiger partial charge in [0.2, 0.25) is 11.9 Å². The number of carbonyl (C=O) groups excluding carboxylic acids is 1. The number of halogens is 6. The molecule has 0 saturated carbocycles. The molecule has 1 unspecified atom stereocenters. The monoisotopic (exact) mass is 554 g/mol. The first-order valence-electron chi connectivity index (χ1n) is 8.84. The van der Waals surface area contributed by atoms with Gasteiger partial charge in [-0.2, -0.15) is 22.0 Å². The highest BCUT2D eigenvalue weighted by molar-refractivity contribution is 14.1. The molecule has 1 atom stereocenters. The van der Waals surface area contributed by atoms with E-state index in [0.717, 1.165) is 34.7 Å². The van der Waals surface area contributed by atoms with Gasteiger partial charge >= 0.3 is 10.3 Å². The molecule has 2 aromatic carbocycles. The molecule has 0 radical (unpaired) electrons. The lowest BCUT2D eigenvalue weighted by molar-refractivity contribution is -0.137. The Morgan fingerprint density at radius 3 is 2.58 bits per heavy atom. The van der Waals surface area contributed by atoms with E-state index in [1.807, 2.05) is 0 Å². The number of amides is 1. The third-order valence-corrected chi connectivity index (χ3v) is 4.50. The maximum absolute atomic E-state index is 13.1. The molecule has 0 aliphatic heterocycles. The first-order chi connectivity index (χ1) is 14.4. The van der Waals surface area contributed by atoms with Gasteiger partial charge in [-0.25, -0.2) is 4.98 Å². The van der Waals surface area contributed by atoms with Crippen molar-refractivity contribution in [3.05, 3.63) is 53.6 Å². The number of imidazole rings is 1. The molecule has 0 bridgehead atoms. The van der Waals surface area contributed by atoms with Gasteiger partial charge in [-0.1, -0.05) is 12.1 Å². The van der Waals surface area contributed by atoms with Gasteiger partial charge < -0.3 is 20.4 Å². The van der Waals surface area contributed by atoms with Gasteiger partial charge in [0.15, 0.2) is 0 Å². The Morgan fingerprint density at radius 2 is 1.94 bits per heavy atom. The van der Waals surface area contributed by atoms with Crippen molar-refractivity contribution >= 4 is 45.5 Å². The molecule has 31 heavy (non-hydrogen) atoms. The highest BCUT2D eigenvalue weighted by atomic mass is 127. The second kappa shape index (κ2) is 8.85. The molecule has 0 aliphatic rings. The van der Waals surface area contributed by atoms with E-state index in [4.69, 9.17) is 0 Å². The molecule has 1 aromatic heterocycles. The number of aromatic nitrogens is 2. The van der Waals surface area contributed by atoms with Gasteiger partial charge in [-0.3, -0.25) is 4.79 Å². The van der Waals surface area contributed by atoms with E-state index in [-0.39, 0.29) is 23.7 Å². The molecule has 0 spiro atoms. The smallest absolute Gasteiger partial charge is 0.425 e. The Morgan fingerprint density at radius 1 is 1.19 bits per heavy atom. The average molecular weight is 554 g/mol. The quantitative estimate of drug-likeness (QED) is 0.212. The van der Waals surface area contributed by atoms with Gasteiger partial charge in [0.1, 0.15) is 5.75 Å². The predicted octanol–water partition coefficient (Wildman–Crippen LogP) is 5.24. The van der Waals surface area contributed by atoms with Crippen molar-refractivity contribution in [3.8, 4) is 5.75 Å². The molecule has 0 fully saturated rings. The Bertz CT molecular complexity index is 1080. The predicted molar refractivity (Wildman–Crippen MR) is 112 cm³/mol. The van der Waals surface area contributed by atoms with Crippen molar-refractivity contribution in [2.75, 3.05) is 12.4 Å². The molecule has 3 N–H and O–H groups in total. The van der Waals surface area contributed by atoms with E-state index in [1.165, 1.54) is 37.4 Å². The summed E-state index contributed by atoms with van der Waals surface area (Å²) < 4.78 is 66.5. The van der Waals surface area contributed by atoms with Crippen LogP contribution in [0.1, 0.15) is 23.6 Å². The highest BCUT2D eigenvalue weighted by Gasteiger charge is 2.31. The van der Waals surface area contributed by atoms with Crippen LogP contribution in [0.5, 0.6) is 5.75 Å². The maximum atomic E-state index is 13.1. The minimum Gasteiger partial charge on any atom is -0.425 e. The zero-order chi connectivity index (χ0) is 22.8. The van der Waals surface area contributed by atoms with Crippen LogP contribution in [0.2, 0.25) is 0 Å². The summed E-state index contributed by atoms with van der Waals surface area (Å²) in [7, 11) is 1.41. The van der Waals surface area contributed by atoms with E-state index >= 15 is 0 Å². The Kier molecular flexibility index (Phi) is 6.57.